The van der Waals surface area contributed by atoms with Gasteiger partial charge in [-0.1, -0.05) is 26.0 Å². The van der Waals surface area contributed by atoms with Crippen molar-refractivity contribution in [3.63, 3.8) is 0 Å². The summed E-state index contributed by atoms with van der Waals surface area (Å²) in [7, 11) is 3.40. The molecule has 0 heterocycles. The number of benzene rings is 1. The van der Waals surface area contributed by atoms with Crippen molar-refractivity contribution in [3.05, 3.63) is 35.4 Å². The zero-order chi connectivity index (χ0) is 17.6. The van der Waals surface area contributed by atoms with E-state index in [-0.39, 0.29) is 23.6 Å². The van der Waals surface area contributed by atoms with E-state index in [2.05, 4.69) is 10.6 Å². The number of nitrogens with zero attached hydrogens (tertiary/aromatic N) is 1. The summed E-state index contributed by atoms with van der Waals surface area (Å²) in [6.45, 7) is 5.49. The molecule has 0 aliphatic rings. The molecule has 3 amide bonds. The maximum atomic E-state index is 12.2. The van der Waals surface area contributed by atoms with Crippen LogP contribution in [0.4, 0.5) is 0 Å². The molecule has 1 aromatic rings. The Kier molecular flexibility index (Phi) is 6.75. The molecule has 6 heteroatoms. The second-order valence-corrected chi connectivity index (χ2v) is 6.04. The maximum Gasteiger partial charge on any atom is 0.253 e. The lowest BCUT2D eigenvalue weighted by Crippen LogP contribution is -2.48. The van der Waals surface area contributed by atoms with E-state index in [1.807, 2.05) is 13.8 Å². The van der Waals surface area contributed by atoms with E-state index in [1.54, 1.807) is 38.4 Å². The molecule has 0 saturated carbocycles. The fourth-order valence-corrected chi connectivity index (χ4v) is 2.08. The summed E-state index contributed by atoms with van der Waals surface area (Å²) in [5.41, 5.74) is 1.49. The number of hydrogen-bond donors (Lipinski definition) is 2. The second kappa shape index (κ2) is 8.31. The molecule has 126 valence electrons. The molecule has 1 aromatic carbocycles. The predicted octanol–water partition coefficient (Wildman–Crippen LogP) is 1.17. The average molecular weight is 319 g/mol. The normalized spacial score (nSPS) is 11.7. The number of rotatable bonds is 6. The summed E-state index contributed by atoms with van der Waals surface area (Å²) in [5.74, 6) is -0.515. The van der Waals surface area contributed by atoms with E-state index >= 15 is 0 Å². The SMILES string of the molecule is CC(=O)NC(C(=O)NCc1ccc(C(=O)N(C)C)cc1)C(C)C. The Bertz CT molecular complexity index is 565. The minimum absolute atomic E-state index is 0.000936. The Morgan fingerprint density at radius 3 is 2.09 bits per heavy atom. The fourth-order valence-electron chi connectivity index (χ4n) is 2.08. The lowest BCUT2D eigenvalue weighted by Gasteiger charge is -2.21. The van der Waals surface area contributed by atoms with Crippen LogP contribution >= 0.6 is 0 Å². The van der Waals surface area contributed by atoms with Crippen LogP contribution in [0.1, 0.15) is 36.7 Å². The number of carbonyl (C=O) groups excluding carboxylic acids is 3. The van der Waals surface area contributed by atoms with Gasteiger partial charge in [-0.2, -0.15) is 0 Å². The first kappa shape index (κ1) is 18.7. The number of hydrogen-bond acceptors (Lipinski definition) is 3. The van der Waals surface area contributed by atoms with Crippen molar-refractivity contribution in [1.82, 2.24) is 15.5 Å². The lowest BCUT2D eigenvalue weighted by atomic mass is 10.0. The largest absolute Gasteiger partial charge is 0.350 e. The minimum atomic E-state index is -0.554. The standard InChI is InChI=1S/C17H25N3O3/c1-11(2)15(19-12(3)21)16(22)18-10-13-6-8-14(9-7-13)17(23)20(4)5/h6-9,11,15H,10H2,1-5H3,(H,18,22)(H,19,21). The van der Waals surface area contributed by atoms with Crippen molar-refractivity contribution < 1.29 is 14.4 Å². The molecule has 0 aromatic heterocycles. The molecular weight excluding hydrogens is 294 g/mol. The van der Waals surface area contributed by atoms with Crippen LogP contribution in [0.3, 0.4) is 0 Å². The first-order chi connectivity index (χ1) is 10.7. The molecule has 0 aliphatic heterocycles. The third kappa shape index (κ3) is 5.73. The minimum Gasteiger partial charge on any atom is -0.350 e. The van der Waals surface area contributed by atoms with Gasteiger partial charge < -0.3 is 15.5 Å². The third-order valence-corrected chi connectivity index (χ3v) is 3.38. The summed E-state index contributed by atoms with van der Waals surface area (Å²) in [6, 6.07) is 6.52. The number of carbonyl (C=O) groups is 3. The van der Waals surface area contributed by atoms with E-state index in [0.717, 1.165) is 5.56 Å². The first-order valence-corrected chi connectivity index (χ1v) is 7.57. The van der Waals surface area contributed by atoms with Crippen molar-refractivity contribution >= 4 is 17.7 Å². The van der Waals surface area contributed by atoms with E-state index < -0.39 is 6.04 Å². The smallest absolute Gasteiger partial charge is 0.253 e. The zero-order valence-electron chi connectivity index (χ0n) is 14.3. The van der Waals surface area contributed by atoms with Crippen molar-refractivity contribution in [1.29, 1.82) is 0 Å². The Hall–Kier alpha value is -2.37. The highest BCUT2D eigenvalue weighted by Gasteiger charge is 2.22. The molecular formula is C17H25N3O3. The van der Waals surface area contributed by atoms with Crippen LogP contribution in [0.25, 0.3) is 0 Å². The molecule has 0 aliphatic carbocycles. The third-order valence-electron chi connectivity index (χ3n) is 3.38. The summed E-state index contributed by atoms with van der Waals surface area (Å²) < 4.78 is 0. The van der Waals surface area contributed by atoms with E-state index in [4.69, 9.17) is 0 Å². The van der Waals surface area contributed by atoms with Gasteiger partial charge in [0.05, 0.1) is 0 Å². The molecule has 0 spiro atoms. The Balaban J connectivity index is 2.65. The Labute approximate surface area is 137 Å². The highest BCUT2D eigenvalue weighted by Crippen LogP contribution is 2.07. The Morgan fingerprint density at radius 1 is 1.09 bits per heavy atom. The monoisotopic (exact) mass is 319 g/mol. The van der Waals surface area contributed by atoms with Gasteiger partial charge in [0, 0.05) is 33.1 Å². The molecule has 23 heavy (non-hydrogen) atoms. The van der Waals surface area contributed by atoms with Gasteiger partial charge in [0.15, 0.2) is 0 Å². The fraction of sp³-hybridized carbons (Fsp3) is 0.471. The van der Waals surface area contributed by atoms with Gasteiger partial charge >= 0.3 is 0 Å². The number of nitrogens with one attached hydrogen (secondary N) is 2. The highest BCUT2D eigenvalue weighted by atomic mass is 16.2. The molecule has 2 N–H and O–H groups in total. The van der Waals surface area contributed by atoms with Crippen LogP contribution in [-0.2, 0) is 16.1 Å². The van der Waals surface area contributed by atoms with Crippen molar-refractivity contribution in [3.8, 4) is 0 Å². The van der Waals surface area contributed by atoms with Crippen LogP contribution in [0.2, 0.25) is 0 Å². The van der Waals surface area contributed by atoms with Crippen molar-refractivity contribution in [2.24, 2.45) is 5.92 Å². The summed E-state index contributed by atoms with van der Waals surface area (Å²) in [5, 5.41) is 5.46. The van der Waals surface area contributed by atoms with E-state index in [0.29, 0.717) is 12.1 Å². The molecule has 1 atom stereocenters. The van der Waals surface area contributed by atoms with Gasteiger partial charge in [0.25, 0.3) is 5.91 Å². The van der Waals surface area contributed by atoms with E-state index in [1.165, 1.54) is 11.8 Å². The highest BCUT2D eigenvalue weighted by molar-refractivity contribution is 5.93. The maximum absolute atomic E-state index is 12.2. The van der Waals surface area contributed by atoms with Gasteiger partial charge in [-0.05, 0) is 23.6 Å². The summed E-state index contributed by atoms with van der Waals surface area (Å²) >= 11 is 0. The molecule has 1 unspecified atom stereocenters. The van der Waals surface area contributed by atoms with Gasteiger partial charge in [-0.3, -0.25) is 14.4 Å². The van der Waals surface area contributed by atoms with Gasteiger partial charge in [0.1, 0.15) is 6.04 Å². The molecule has 0 bridgehead atoms. The molecule has 1 rings (SSSR count). The molecule has 0 radical (unpaired) electrons. The topological polar surface area (TPSA) is 78.5 Å². The molecule has 0 fully saturated rings. The van der Waals surface area contributed by atoms with Crippen molar-refractivity contribution in [2.75, 3.05) is 14.1 Å². The average Bonchev–Trinajstić information content (AvgIpc) is 2.49. The lowest BCUT2D eigenvalue weighted by molar-refractivity contribution is -0.129. The van der Waals surface area contributed by atoms with Crippen molar-refractivity contribution in [2.45, 2.75) is 33.4 Å². The molecule has 0 saturated heterocycles. The van der Waals surface area contributed by atoms with Gasteiger partial charge in [0.2, 0.25) is 11.8 Å². The van der Waals surface area contributed by atoms with Gasteiger partial charge in [-0.15, -0.1) is 0 Å². The van der Waals surface area contributed by atoms with E-state index in [9.17, 15) is 14.4 Å². The first-order valence-electron chi connectivity index (χ1n) is 7.57. The van der Waals surface area contributed by atoms with Crippen LogP contribution < -0.4 is 10.6 Å². The summed E-state index contributed by atoms with van der Waals surface area (Å²) in [6.07, 6.45) is 0. The second-order valence-electron chi connectivity index (χ2n) is 6.04. The summed E-state index contributed by atoms with van der Waals surface area (Å²) in [4.78, 5) is 36.7. The Morgan fingerprint density at radius 2 is 1.65 bits per heavy atom. The van der Waals surface area contributed by atoms with Gasteiger partial charge in [-0.25, -0.2) is 0 Å². The van der Waals surface area contributed by atoms with Crippen LogP contribution in [0, 0.1) is 5.92 Å². The predicted molar refractivity (Wildman–Crippen MR) is 88.7 cm³/mol. The number of amides is 3. The van der Waals surface area contributed by atoms with Crippen LogP contribution in [0.15, 0.2) is 24.3 Å². The quantitative estimate of drug-likeness (QED) is 0.826. The zero-order valence-corrected chi connectivity index (χ0v) is 14.3. The van der Waals surface area contributed by atoms with Crippen LogP contribution in [-0.4, -0.2) is 42.8 Å². The molecule has 6 nitrogen and oxygen atoms in total. The van der Waals surface area contributed by atoms with Crippen LogP contribution in [0.5, 0.6) is 0 Å².